The van der Waals surface area contributed by atoms with Crippen molar-refractivity contribution >= 4 is 23.4 Å². The first-order chi connectivity index (χ1) is 10.1. The first kappa shape index (κ1) is 15.0. The van der Waals surface area contributed by atoms with Crippen molar-refractivity contribution in [2.45, 2.75) is 26.2 Å². The molecule has 1 N–H and O–H groups in total. The number of likely N-dealkylation sites (tertiary alicyclic amines) is 1. The van der Waals surface area contributed by atoms with Gasteiger partial charge in [0.05, 0.1) is 6.54 Å². The Morgan fingerprint density at radius 1 is 1.19 bits per heavy atom. The van der Waals surface area contributed by atoms with Crippen molar-refractivity contribution in [2.24, 2.45) is 0 Å². The first-order valence-electron chi connectivity index (χ1n) is 6.90. The summed E-state index contributed by atoms with van der Waals surface area (Å²) in [6, 6.07) is 6.91. The maximum Gasteiger partial charge on any atom is 0.229 e. The largest absolute Gasteiger partial charge is 0.492 e. The van der Waals surface area contributed by atoms with Crippen LogP contribution in [0.25, 0.3) is 0 Å². The van der Waals surface area contributed by atoms with Crippen LogP contribution in [-0.2, 0) is 14.4 Å². The number of piperidine rings is 1. The normalized spacial score (nSPS) is 15.0. The maximum atomic E-state index is 11.6. The summed E-state index contributed by atoms with van der Waals surface area (Å²) in [4.78, 5) is 35.4. The van der Waals surface area contributed by atoms with E-state index in [4.69, 9.17) is 4.74 Å². The van der Waals surface area contributed by atoms with Crippen LogP contribution in [0.3, 0.4) is 0 Å². The van der Waals surface area contributed by atoms with E-state index >= 15 is 0 Å². The van der Waals surface area contributed by atoms with Gasteiger partial charge in [0.15, 0.2) is 0 Å². The van der Waals surface area contributed by atoms with Crippen LogP contribution < -0.4 is 10.1 Å². The van der Waals surface area contributed by atoms with Gasteiger partial charge in [-0.2, -0.15) is 0 Å². The minimum atomic E-state index is -0.134. The van der Waals surface area contributed by atoms with Crippen LogP contribution in [-0.4, -0.2) is 35.8 Å². The molecule has 1 heterocycles. The zero-order valence-electron chi connectivity index (χ0n) is 11.9. The lowest BCUT2D eigenvalue weighted by Gasteiger charge is -2.24. The van der Waals surface area contributed by atoms with Gasteiger partial charge in [0.1, 0.15) is 12.4 Å². The summed E-state index contributed by atoms with van der Waals surface area (Å²) < 4.78 is 5.51. The summed E-state index contributed by atoms with van der Waals surface area (Å²) in [6.07, 6.45) is 1.49. The predicted molar refractivity (Wildman–Crippen MR) is 76.8 cm³/mol. The lowest BCUT2D eigenvalue weighted by Crippen LogP contribution is -2.42. The SMILES string of the molecule is CC(=O)Nc1ccc(OCCN2C(=O)CCCC2=O)cc1. The topological polar surface area (TPSA) is 75.7 Å². The summed E-state index contributed by atoms with van der Waals surface area (Å²) in [5.41, 5.74) is 0.691. The molecule has 0 spiro atoms. The van der Waals surface area contributed by atoms with E-state index in [0.717, 1.165) is 0 Å². The summed E-state index contributed by atoms with van der Waals surface area (Å²) in [5.74, 6) is 0.235. The Kier molecular flexibility index (Phi) is 4.92. The summed E-state index contributed by atoms with van der Waals surface area (Å²) in [5, 5.41) is 2.66. The minimum absolute atomic E-state index is 0.129. The molecule has 2 rings (SSSR count). The van der Waals surface area contributed by atoms with Gasteiger partial charge in [-0.25, -0.2) is 0 Å². The van der Waals surface area contributed by atoms with Crippen LogP contribution in [0.1, 0.15) is 26.2 Å². The van der Waals surface area contributed by atoms with Crippen LogP contribution >= 0.6 is 0 Å². The molecule has 0 bridgehead atoms. The number of imide groups is 1. The van der Waals surface area contributed by atoms with Gasteiger partial charge < -0.3 is 10.1 Å². The number of ether oxygens (including phenoxy) is 1. The molecule has 3 amide bonds. The van der Waals surface area contributed by atoms with Gasteiger partial charge in [0, 0.05) is 25.5 Å². The molecule has 0 atom stereocenters. The molecular formula is C15H18N2O4. The molecule has 1 aromatic carbocycles. The number of hydrogen-bond acceptors (Lipinski definition) is 4. The standard InChI is InChI=1S/C15H18N2O4/c1-11(18)16-12-5-7-13(8-6-12)21-10-9-17-14(19)3-2-4-15(17)20/h5-8H,2-4,9-10H2,1H3,(H,16,18). The molecule has 0 unspecified atom stereocenters. The molecule has 0 aromatic heterocycles. The molecule has 0 radical (unpaired) electrons. The van der Waals surface area contributed by atoms with E-state index in [2.05, 4.69) is 5.32 Å². The van der Waals surface area contributed by atoms with Crippen LogP contribution in [0.2, 0.25) is 0 Å². The number of rotatable bonds is 5. The van der Waals surface area contributed by atoms with Gasteiger partial charge in [0.2, 0.25) is 17.7 Å². The number of nitrogens with one attached hydrogen (secondary N) is 1. The third-order valence-electron chi connectivity index (χ3n) is 3.14. The average Bonchev–Trinajstić information content (AvgIpc) is 2.43. The average molecular weight is 290 g/mol. The monoisotopic (exact) mass is 290 g/mol. The highest BCUT2D eigenvalue weighted by molar-refractivity contribution is 5.97. The number of amides is 3. The predicted octanol–water partition coefficient (Wildman–Crippen LogP) is 1.56. The zero-order valence-corrected chi connectivity index (χ0v) is 11.9. The molecular weight excluding hydrogens is 272 g/mol. The van der Waals surface area contributed by atoms with Crippen LogP contribution in [0, 0.1) is 0 Å². The molecule has 6 nitrogen and oxygen atoms in total. The van der Waals surface area contributed by atoms with E-state index in [1.54, 1.807) is 24.3 Å². The smallest absolute Gasteiger partial charge is 0.229 e. The lowest BCUT2D eigenvalue weighted by molar-refractivity contribution is -0.148. The Morgan fingerprint density at radius 3 is 2.38 bits per heavy atom. The van der Waals surface area contributed by atoms with Gasteiger partial charge in [-0.3, -0.25) is 19.3 Å². The van der Waals surface area contributed by atoms with Crippen molar-refractivity contribution in [3.05, 3.63) is 24.3 Å². The molecule has 1 aromatic rings. The Morgan fingerprint density at radius 2 is 1.81 bits per heavy atom. The summed E-state index contributed by atoms with van der Waals surface area (Å²) in [6.45, 7) is 1.97. The lowest BCUT2D eigenvalue weighted by atomic mass is 10.1. The molecule has 1 aliphatic rings. The number of nitrogens with zero attached hydrogens (tertiary/aromatic N) is 1. The van der Waals surface area contributed by atoms with E-state index in [1.165, 1.54) is 11.8 Å². The first-order valence-corrected chi connectivity index (χ1v) is 6.90. The van der Waals surface area contributed by atoms with Gasteiger partial charge in [-0.05, 0) is 30.7 Å². The van der Waals surface area contributed by atoms with E-state index in [9.17, 15) is 14.4 Å². The zero-order chi connectivity index (χ0) is 15.2. The second-order valence-corrected chi connectivity index (χ2v) is 4.85. The number of hydrogen-bond donors (Lipinski definition) is 1. The van der Waals surface area contributed by atoms with Crippen molar-refractivity contribution in [1.82, 2.24) is 4.90 Å². The quantitative estimate of drug-likeness (QED) is 0.835. The minimum Gasteiger partial charge on any atom is -0.492 e. The van der Waals surface area contributed by atoms with Gasteiger partial charge in [-0.1, -0.05) is 0 Å². The fourth-order valence-corrected chi connectivity index (χ4v) is 2.14. The van der Waals surface area contributed by atoms with E-state index in [-0.39, 0.29) is 30.9 Å². The summed E-state index contributed by atoms with van der Waals surface area (Å²) >= 11 is 0. The fourth-order valence-electron chi connectivity index (χ4n) is 2.14. The summed E-state index contributed by atoms with van der Waals surface area (Å²) in [7, 11) is 0. The maximum absolute atomic E-state index is 11.6. The fraction of sp³-hybridized carbons (Fsp3) is 0.400. The Labute approximate surface area is 123 Å². The second kappa shape index (κ2) is 6.88. The van der Waals surface area contributed by atoms with E-state index < -0.39 is 0 Å². The second-order valence-electron chi connectivity index (χ2n) is 4.85. The molecule has 0 saturated carbocycles. The van der Waals surface area contributed by atoms with Crippen molar-refractivity contribution in [3.8, 4) is 5.75 Å². The molecule has 6 heteroatoms. The number of anilines is 1. The van der Waals surface area contributed by atoms with Crippen molar-refractivity contribution in [3.63, 3.8) is 0 Å². The van der Waals surface area contributed by atoms with Crippen LogP contribution in [0.4, 0.5) is 5.69 Å². The molecule has 21 heavy (non-hydrogen) atoms. The number of carbonyl (C=O) groups excluding carboxylic acids is 3. The van der Waals surface area contributed by atoms with Crippen LogP contribution in [0.15, 0.2) is 24.3 Å². The third-order valence-corrected chi connectivity index (χ3v) is 3.14. The van der Waals surface area contributed by atoms with Gasteiger partial charge in [0.25, 0.3) is 0 Å². The van der Waals surface area contributed by atoms with E-state index in [0.29, 0.717) is 30.7 Å². The number of carbonyl (C=O) groups is 3. The van der Waals surface area contributed by atoms with Crippen molar-refractivity contribution in [1.29, 1.82) is 0 Å². The molecule has 112 valence electrons. The van der Waals surface area contributed by atoms with E-state index in [1.807, 2.05) is 0 Å². The Hall–Kier alpha value is -2.37. The van der Waals surface area contributed by atoms with Gasteiger partial charge in [-0.15, -0.1) is 0 Å². The molecule has 1 saturated heterocycles. The van der Waals surface area contributed by atoms with Crippen LogP contribution in [0.5, 0.6) is 5.75 Å². The third kappa shape index (κ3) is 4.30. The molecule has 1 aliphatic heterocycles. The van der Waals surface area contributed by atoms with Crippen molar-refractivity contribution in [2.75, 3.05) is 18.5 Å². The van der Waals surface area contributed by atoms with Crippen molar-refractivity contribution < 1.29 is 19.1 Å². The highest BCUT2D eigenvalue weighted by atomic mass is 16.5. The number of benzene rings is 1. The highest BCUT2D eigenvalue weighted by Gasteiger charge is 2.25. The van der Waals surface area contributed by atoms with Gasteiger partial charge >= 0.3 is 0 Å². The molecule has 1 fully saturated rings. The Balaban J connectivity index is 1.81. The molecule has 0 aliphatic carbocycles. The Bertz CT molecular complexity index is 523. The highest BCUT2D eigenvalue weighted by Crippen LogP contribution is 2.16.